The van der Waals surface area contributed by atoms with Crippen molar-refractivity contribution in [1.82, 2.24) is 4.98 Å². The highest BCUT2D eigenvalue weighted by Crippen LogP contribution is 2.21. The van der Waals surface area contributed by atoms with Crippen LogP contribution >= 0.6 is 11.3 Å². The third-order valence-electron chi connectivity index (χ3n) is 3.28. The normalized spacial score (nSPS) is 10.6. The molecule has 106 valence electrons. The molecule has 1 heterocycles. The molecule has 0 atom stereocenters. The van der Waals surface area contributed by atoms with Crippen LogP contribution < -0.4 is 5.32 Å². The Bertz CT molecular complexity index is 604. The summed E-state index contributed by atoms with van der Waals surface area (Å²) in [7, 11) is 0. The standard InChI is InChI=1S/C16H20N2OS/c1-4-13-7-5-6-11(2)16(13)18-15(19)9-8-14-10-20-12(3)17-14/h5-7,10H,4,8-9H2,1-3H3,(H,18,19). The molecule has 0 bridgehead atoms. The van der Waals surface area contributed by atoms with E-state index in [1.54, 1.807) is 11.3 Å². The van der Waals surface area contributed by atoms with Crippen LogP contribution in [-0.2, 0) is 17.6 Å². The molecule has 0 fully saturated rings. The predicted octanol–water partition coefficient (Wildman–Crippen LogP) is 3.89. The number of benzene rings is 1. The molecule has 0 spiro atoms. The molecule has 4 heteroatoms. The van der Waals surface area contributed by atoms with Crippen LogP contribution in [0.5, 0.6) is 0 Å². The van der Waals surface area contributed by atoms with Gasteiger partial charge in [-0.05, 0) is 37.8 Å². The van der Waals surface area contributed by atoms with Crippen LogP contribution in [0.1, 0.15) is 35.2 Å². The molecule has 0 aliphatic carbocycles. The van der Waals surface area contributed by atoms with Gasteiger partial charge in [-0.1, -0.05) is 25.1 Å². The number of thiazole rings is 1. The van der Waals surface area contributed by atoms with E-state index in [4.69, 9.17) is 0 Å². The number of rotatable bonds is 5. The van der Waals surface area contributed by atoms with Gasteiger partial charge in [-0.15, -0.1) is 11.3 Å². The lowest BCUT2D eigenvalue weighted by atomic mass is 10.1. The number of carbonyl (C=O) groups is 1. The zero-order valence-corrected chi connectivity index (χ0v) is 13.0. The van der Waals surface area contributed by atoms with Crippen LogP contribution in [0.3, 0.4) is 0 Å². The molecule has 1 aromatic heterocycles. The summed E-state index contributed by atoms with van der Waals surface area (Å²) in [6, 6.07) is 6.12. The molecule has 1 aromatic carbocycles. The van der Waals surface area contributed by atoms with Gasteiger partial charge in [0.1, 0.15) is 0 Å². The molecule has 20 heavy (non-hydrogen) atoms. The van der Waals surface area contributed by atoms with Gasteiger partial charge >= 0.3 is 0 Å². The largest absolute Gasteiger partial charge is 0.326 e. The zero-order valence-electron chi connectivity index (χ0n) is 12.2. The van der Waals surface area contributed by atoms with Gasteiger partial charge in [0.15, 0.2) is 0 Å². The highest BCUT2D eigenvalue weighted by molar-refractivity contribution is 7.09. The molecule has 0 aliphatic heterocycles. The average molecular weight is 288 g/mol. The number of aromatic nitrogens is 1. The minimum atomic E-state index is 0.0552. The molecule has 1 amide bonds. The third kappa shape index (κ3) is 3.67. The maximum absolute atomic E-state index is 12.1. The highest BCUT2D eigenvalue weighted by Gasteiger charge is 2.09. The Morgan fingerprint density at radius 3 is 2.80 bits per heavy atom. The number of amides is 1. The maximum atomic E-state index is 12.1. The number of hydrogen-bond acceptors (Lipinski definition) is 3. The Hall–Kier alpha value is -1.68. The summed E-state index contributed by atoms with van der Waals surface area (Å²) in [5.41, 5.74) is 4.27. The third-order valence-corrected chi connectivity index (χ3v) is 4.10. The van der Waals surface area contributed by atoms with E-state index in [0.29, 0.717) is 12.8 Å². The first-order chi connectivity index (χ1) is 9.60. The van der Waals surface area contributed by atoms with Crippen LogP contribution in [0.15, 0.2) is 23.6 Å². The number of hydrogen-bond donors (Lipinski definition) is 1. The molecule has 3 nitrogen and oxygen atoms in total. The Labute approximate surface area is 124 Å². The van der Waals surface area contributed by atoms with E-state index in [0.717, 1.165) is 28.4 Å². The van der Waals surface area contributed by atoms with Crippen molar-refractivity contribution in [3.8, 4) is 0 Å². The lowest BCUT2D eigenvalue weighted by molar-refractivity contribution is -0.116. The fourth-order valence-corrected chi connectivity index (χ4v) is 2.82. The Balaban J connectivity index is 1.98. The molecule has 2 rings (SSSR count). The van der Waals surface area contributed by atoms with E-state index < -0.39 is 0 Å². The van der Waals surface area contributed by atoms with Gasteiger partial charge in [-0.3, -0.25) is 4.79 Å². The highest BCUT2D eigenvalue weighted by atomic mass is 32.1. The summed E-state index contributed by atoms with van der Waals surface area (Å²) in [5, 5.41) is 6.11. The van der Waals surface area contributed by atoms with Crippen molar-refractivity contribution in [3.05, 3.63) is 45.4 Å². The van der Waals surface area contributed by atoms with Gasteiger partial charge in [0, 0.05) is 17.5 Å². The summed E-state index contributed by atoms with van der Waals surface area (Å²) >= 11 is 1.63. The quantitative estimate of drug-likeness (QED) is 0.906. The van der Waals surface area contributed by atoms with Crippen molar-refractivity contribution in [2.75, 3.05) is 5.32 Å². The lowest BCUT2D eigenvalue weighted by Gasteiger charge is -2.12. The van der Waals surface area contributed by atoms with E-state index in [1.165, 1.54) is 5.56 Å². The van der Waals surface area contributed by atoms with Crippen molar-refractivity contribution in [2.45, 2.75) is 40.0 Å². The maximum Gasteiger partial charge on any atom is 0.224 e. The van der Waals surface area contributed by atoms with Crippen molar-refractivity contribution in [3.63, 3.8) is 0 Å². The van der Waals surface area contributed by atoms with Crippen LogP contribution in [0, 0.1) is 13.8 Å². The SMILES string of the molecule is CCc1cccc(C)c1NC(=O)CCc1csc(C)n1. The summed E-state index contributed by atoms with van der Waals surface area (Å²) < 4.78 is 0. The van der Waals surface area contributed by atoms with Crippen molar-refractivity contribution >= 4 is 22.9 Å². The minimum Gasteiger partial charge on any atom is -0.326 e. The monoisotopic (exact) mass is 288 g/mol. The summed E-state index contributed by atoms with van der Waals surface area (Å²) in [6.45, 7) is 6.11. The number of nitrogens with zero attached hydrogens (tertiary/aromatic N) is 1. The first-order valence-corrected chi connectivity index (χ1v) is 7.77. The molecule has 0 unspecified atom stereocenters. The predicted molar refractivity (Wildman–Crippen MR) is 84.4 cm³/mol. The average Bonchev–Trinajstić information content (AvgIpc) is 2.84. The molecule has 0 aliphatic rings. The van der Waals surface area contributed by atoms with Crippen molar-refractivity contribution < 1.29 is 4.79 Å². The van der Waals surface area contributed by atoms with E-state index >= 15 is 0 Å². The number of nitrogens with one attached hydrogen (secondary N) is 1. The van der Waals surface area contributed by atoms with Crippen LogP contribution in [0.25, 0.3) is 0 Å². The summed E-state index contributed by atoms with van der Waals surface area (Å²) in [5.74, 6) is 0.0552. The number of para-hydroxylation sites is 1. The van der Waals surface area contributed by atoms with Gasteiger partial charge in [0.25, 0.3) is 0 Å². The smallest absolute Gasteiger partial charge is 0.224 e. The second kappa shape index (κ2) is 6.66. The van der Waals surface area contributed by atoms with Gasteiger partial charge in [0.2, 0.25) is 5.91 Å². The van der Waals surface area contributed by atoms with Crippen molar-refractivity contribution in [1.29, 1.82) is 0 Å². The fraction of sp³-hybridized carbons (Fsp3) is 0.375. The number of anilines is 1. The van der Waals surface area contributed by atoms with Gasteiger partial charge in [0.05, 0.1) is 10.7 Å². The van der Waals surface area contributed by atoms with Gasteiger partial charge in [-0.2, -0.15) is 0 Å². The van der Waals surface area contributed by atoms with E-state index in [9.17, 15) is 4.79 Å². The zero-order chi connectivity index (χ0) is 14.5. The molecule has 0 saturated heterocycles. The Morgan fingerprint density at radius 1 is 1.35 bits per heavy atom. The van der Waals surface area contributed by atoms with E-state index in [1.807, 2.05) is 31.4 Å². The molecule has 2 aromatic rings. The Morgan fingerprint density at radius 2 is 2.15 bits per heavy atom. The van der Waals surface area contributed by atoms with Crippen LogP contribution in [0.4, 0.5) is 5.69 Å². The molecular weight excluding hydrogens is 268 g/mol. The Kier molecular flexibility index (Phi) is 4.90. The van der Waals surface area contributed by atoms with E-state index in [2.05, 4.69) is 23.3 Å². The van der Waals surface area contributed by atoms with E-state index in [-0.39, 0.29) is 5.91 Å². The minimum absolute atomic E-state index is 0.0552. The molecule has 0 saturated carbocycles. The number of carbonyl (C=O) groups excluding carboxylic acids is 1. The molecule has 1 N–H and O–H groups in total. The number of aryl methyl sites for hydroxylation is 4. The van der Waals surface area contributed by atoms with Gasteiger partial charge < -0.3 is 5.32 Å². The van der Waals surface area contributed by atoms with Crippen LogP contribution in [0.2, 0.25) is 0 Å². The summed E-state index contributed by atoms with van der Waals surface area (Å²) in [6.07, 6.45) is 2.09. The molecular formula is C16H20N2OS. The topological polar surface area (TPSA) is 42.0 Å². The molecule has 0 radical (unpaired) electrons. The summed E-state index contributed by atoms with van der Waals surface area (Å²) in [4.78, 5) is 16.5. The first kappa shape index (κ1) is 14.7. The first-order valence-electron chi connectivity index (χ1n) is 6.89. The van der Waals surface area contributed by atoms with Gasteiger partial charge in [-0.25, -0.2) is 4.98 Å². The second-order valence-electron chi connectivity index (χ2n) is 4.87. The second-order valence-corrected chi connectivity index (χ2v) is 5.93. The van der Waals surface area contributed by atoms with Crippen LogP contribution in [-0.4, -0.2) is 10.9 Å². The van der Waals surface area contributed by atoms with Crippen molar-refractivity contribution in [2.24, 2.45) is 0 Å². The lowest BCUT2D eigenvalue weighted by Crippen LogP contribution is -2.14. The fourth-order valence-electron chi connectivity index (χ4n) is 2.17.